The summed E-state index contributed by atoms with van der Waals surface area (Å²) in [6.07, 6.45) is 3.61. The highest BCUT2D eigenvalue weighted by Crippen LogP contribution is 2.11. The third kappa shape index (κ3) is 7.05. The van der Waals surface area contributed by atoms with Gasteiger partial charge in [0.15, 0.2) is 5.13 Å². The average molecular weight is 359 g/mol. The summed E-state index contributed by atoms with van der Waals surface area (Å²) >= 11 is 1.37. The Labute approximate surface area is 153 Å². The lowest BCUT2D eigenvalue weighted by molar-refractivity contribution is -0.134. The number of aromatic nitrogens is 1. The SMILES string of the molecule is CC(C)CCN(CC(=O)Nc1nccs1)C(=O)CCc1ccccc1. The van der Waals surface area contributed by atoms with Gasteiger partial charge in [-0.2, -0.15) is 0 Å². The number of nitrogens with zero attached hydrogens (tertiary/aromatic N) is 2. The molecule has 1 aromatic carbocycles. The van der Waals surface area contributed by atoms with Crippen LogP contribution in [0.3, 0.4) is 0 Å². The number of carbonyl (C=O) groups excluding carboxylic acids is 2. The molecule has 1 aromatic heterocycles. The van der Waals surface area contributed by atoms with Gasteiger partial charge in [-0.05, 0) is 24.3 Å². The number of nitrogens with one attached hydrogen (secondary N) is 1. The zero-order valence-corrected chi connectivity index (χ0v) is 15.6. The summed E-state index contributed by atoms with van der Waals surface area (Å²) in [7, 11) is 0. The number of aryl methyl sites for hydroxylation is 1. The van der Waals surface area contributed by atoms with Crippen LogP contribution in [0.2, 0.25) is 0 Å². The number of carbonyl (C=O) groups is 2. The third-order valence-corrected chi connectivity index (χ3v) is 4.50. The molecule has 5 nitrogen and oxygen atoms in total. The van der Waals surface area contributed by atoms with E-state index >= 15 is 0 Å². The van der Waals surface area contributed by atoms with Crippen LogP contribution in [0.1, 0.15) is 32.3 Å². The summed E-state index contributed by atoms with van der Waals surface area (Å²) in [5, 5.41) is 5.11. The summed E-state index contributed by atoms with van der Waals surface area (Å²) in [4.78, 5) is 30.5. The lowest BCUT2D eigenvalue weighted by Gasteiger charge is -2.23. The molecule has 0 atom stereocenters. The van der Waals surface area contributed by atoms with Crippen LogP contribution in [0, 0.1) is 5.92 Å². The summed E-state index contributed by atoms with van der Waals surface area (Å²) in [5.74, 6) is 0.289. The first-order valence-electron chi connectivity index (χ1n) is 8.55. The second kappa shape index (κ2) is 9.93. The predicted molar refractivity (Wildman–Crippen MR) is 102 cm³/mol. The molecule has 134 valence electrons. The molecular formula is C19H25N3O2S. The van der Waals surface area contributed by atoms with Crippen molar-refractivity contribution < 1.29 is 9.59 Å². The molecule has 0 saturated heterocycles. The van der Waals surface area contributed by atoms with E-state index in [0.717, 1.165) is 12.0 Å². The molecule has 0 radical (unpaired) electrons. The van der Waals surface area contributed by atoms with Crippen LogP contribution in [0.25, 0.3) is 0 Å². The molecule has 6 heteroatoms. The maximum atomic E-state index is 12.6. The fourth-order valence-electron chi connectivity index (χ4n) is 2.38. The Hall–Kier alpha value is -2.21. The summed E-state index contributed by atoms with van der Waals surface area (Å²) in [5.41, 5.74) is 1.13. The van der Waals surface area contributed by atoms with Gasteiger partial charge in [0, 0.05) is 24.5 Å². The van der Waals surface area contributed by atoms with Crippen molar-refractivity contribution in [2.45, 2.75) is 33.1 Å². The number of rotatable bonds is 9. The molecule has 0 aliphatic carbocycles. The highest BCUT2D eigenvalue weighted by atomic mass is 32.1. The van der Waals surface area contributed by atoms with Crippen molar-refractivity contribution in [3.05, 3.63) is 47.5 Å². The van der Waals surface area contributed by atoms with Crippen molar-refractivity contribution in [2.24, 2.45) is 5.92 Å². The van der Waals surface area contributed by atoms with E-state index in [1.807, 2.05) is 30.3 Å². The first-order chi connectivity index (χ1) is 12.0. The number of hydrogen-bond acceptors (Lipinski definition) is 4. The van der Waals surface area contributed by atoms with Crippen LogP contribution in [-0.2, 0) is 16.0 Å². The zero-order valence-electron chi connectivity index (χ0n) is 14.8. The lowest BCUT2D eigenvalue weighted by Crippen LogP contribution is -2.39. The van der Waals surface area contributed by atoms with E-state index in [1.165, 1.54) is 11.3 Å². The lowest BCUT2D eigenvalue weighted by atomic mass is 10.1. The van der Waals surface area contributed by atoms with Gasteiger partial charge >= 0.3 is 0 Å². The van der Waals surface area contributed by atoms with Crippen molar-refractivity contribution in [3.63, 3.8) is 0 Å². The number of anilines is 1. The summed E-state index contributed by atoms with van der Waals surface area (Å²) in [6.45, 7) is 4.89. The van der Waals surface area contributed by atoms with Crippen molar-refractivity contribution in [1.29, 1.82) is 0 Å². The Bertz CT molecular complexity index is 657. The van der Waals surface area contributed by atoms with Crippen LogP contribution >= 0.6 is 11.3 Å². The first kappa shape index (κ1) is 19.1. The van der Waals surface area contributed by atoms with Gasteiger partial charge in [0.05, 0.1) is 6.54 Å². The van der Waals surface area contributed by atoms with Crippen molar-refractivity contribution >= 4 is 28.3 Å². The second-order valence-electron chi connectivity index (χ2n) is 6.37. The van der Waals surface area contributed by atoms with Crippen LogP contribution in [0.4, 0.5) is 5.13 Å². The standard InChI is InChI=1S/C19H25N3O2S/c1-15(2)10-12-22(14-17(23)21-19-20-11-13-25-19)18(24)9-8-16-6-4-3-5-7-16/h3-7,11,13,15H,8-10,12,14H2,1-2H3,(H,20,21,23). The molecule has 0 fully saturated rings. The molecule has 1 N–H and O–H groups in total. The Balaban J connectivity index is 1.91. The van der Waals surface area contributed by atoms with Crippen molar-refractivity contribution in [3.8, 4) is 0 Å². The molecule has 2 amide bonds. The minimum Gasteiger partial charge on any atom is -0.333 e. The van der Waals surface area contributed by atoms with E-state index in [0.29, 0.717) is 30.4 Å². The van der Waals surface area contributed by atoms with Crippen molar-refractivity contribution in [1.82, 2.24) is 9.88 Å². The fraction of sp³-hybridized carbons (Fsp3) is 0.421. The quantitative estimate of drug-likeness (QED) is 0.744. The van der Waals surface area contributed by atoms with Crippen LogP contribution in [0.15, 0.2) is 41.9 Å². The number of benzene rings is 1. The maximum absolute atomic E-state index is 12.6. The van der Waals surface area contributed by atoms with E-state index in [2.05, 4.69) is 24.1 Å². The number of thiazole rings is 1. The molecule has 25 heavy (non-hydrogen) atoms. The smallest absolute Gasteiger partial charge is 0.245 e. The maximum Gasteiger partial charge on any atom is 0.245 e. The van der Waals surface area contributed by atoms with E-state index in [4.69, 9.17) is 0 Å². The molecule has 2 aromatic rings. The molecule has 1 heterocycles. The summed E-state index contributed by atoms with van der Waals surface area (Å²) < 4.78 is 0. The Morgan fingerprint density at radius 1 is 1.24 bits per heavy atom. The average Bonchev–Trinajstić information content (AvgIpc) is 3.10. The van der Waals surface area contributed by atoms with E-state index in [-0.39, 0.29) is 18.4 Å². The molecule has 2 rings (SSSR count). The van der Waals surface area contributed by atoms with Crippen LogP contribution in [0.5, 0.6) is 0 Å². The van der Waals surface area contributed by atoms with Gasteiger partial charge < -0.3 is 10.2 Å². The minimum absolute atomic E-state index is 0.0128. The van der Waals surface area contributed by atoms with Crippen molar-refractivity contribution in [2.75, 3.05) is 18.4 Å². The van der Waals surface area contributed by atoms with Gasteiger partial charge in [0.25, 0.3) is 0 Å². The largest absolute Gasteiger partial charge is 0.333 e. The molecule has 0 unspecified atom stereocenters. The molecular weight excluding hydrogens is 334 g/mol. The highest BCUT2D eigenvalue weighted by Gasteiger charge is 2.18. The van der Waals surface area contributed by atoms with E-state index < -0.39 is 0 Å². The molecule has 0 aliphatic heterocycles. The second-order valence-corrected chi connectivity index (χ2v) is 7.26. The topological polar surface area (TPSA) is 62.3 Å². The third-order valence-electron chi connectivity index (χ3n) is 3.81. The number of hydrogen-bond donors (Lipinski definition) is 1. The van der Waals surface area contributed by atoms with Gasteiger partial charge in [-0.3, -0.25) is 9.59 Å². The molecule has 0 aliphatic rings. The Morgan fingerprint density at radius 3 is 2.64 bits per heavy atom. The van der Waals surface area contributed by atoms with Crippen LogP contribution < -0.4 is 5.32 Å². The van der Waals surface area contributed by atoms with E-state index in [1.54, 1.807) is 16.5 Å². The predicted octanol–water partition coefficient (Wildman–Crippen LogP) is 3.59. The van der Waals surface area contributed by atoms with Crippen LogP contribution in [-0.4, -0.2) is 34.8 Å². The Morgan fingerprint density at radius 2 is 2.00 bits per heavy atom. The monoisotopic (exact) mass is 359 g/mol. The highest BCUT2D eigenvalue weighted by molar-refractivity contribution is 7.13. The van der Waals surface area contributed by atoms with E-state index in [9.17, 15) is 9.59 Å². The van der Waals surface area contributed by atoms with Gasteiger partial charge in [-0.15, -0.1) is 11.3 Å². The zero-order chi connectivity index (χ0) is 18.1. The van der Waals surface area contributed by atoms with Gasteiger partial charge in [0.1, 0.15) is 0 Å². The fourth-order valence-corrected chi connectivity index (χ4v) is 2.92. The normalized spacial score (nSPS) is 10.7. The number of amides is 2. The first-order valence-corrected chi connectivity index (χ1v) is 9.43. The molecule has 0 saturated carbocycles. The Kier molecular flexibility index (Phi) is 7.60. The van der Waals surface area contributed by atoms with Gasteiger partial charge in [-0.25, -0.2) is 4.98 Å². The minimum atomic E-state index is -0.202. The van der Waals surface area contributed by atoms with Gasteiger partial charge in [0.2, 0.25) is 11.8 Å². The molecule has 0 spiro atoms. The summed E-state index contributed by atoms with van der Waals surface area (Å²) in [6, 6.07) is 9.93. The molecule has 0 bridgehead atoms. The van der Waals surface area contributed by atoms with Gasteiger partial charge in [-0.1, -0.05) is 44.2 Å².